The molecule has 0 aliphatic rings. The Labute approximate surface area is 122 Å². The summed E-state index contributed by atoms with van der Waals surface area (Å²) in [5.74, 6) is -2.74. The largest absolute Gasteiger partial charge is 0.334 e. The van der Waals surface area contributed by atoms with Crippen molar-refractivity contribution in [3.8, 4) is 0 Å². The average molecular weight is 288 g/mol. The first-order valence-corrected chi connectivity index (χ1v) is 7.02. The number of para-hydroxylation sites is 1. The van der Waals surface area contributed by atoms with Crippen LogP contribution >= 0.6 is 0 Å². The Bertz CT molecular complexity index is 784. The van der Waals surface area contributed by atoms with Gasteiger partial charge in [0, 0.05) is 35.3 Å². The van der Waals surface area contributed by atoms with Gasteiger partial charge in [0.25, 0.3) is 5.92 Å². The van der Waals surface area contributed by atoms with Crippen molar-refractivity contribution >= 4 is 21.8 Å². The molecule has 0 atom stereocenters. The summed E-state index contributed by atoms with van der Waals surface area (Å²) in [7, 11) is 1.89. The third-order valence-electron chi connectivity index (χ3n) is 3.65. The first-order valence-electron chi connectivity index (χ1n) is 7.02. The summed E-state index contributed by atoms with van der Waals surface area (Å²) in [5, 5.41) is 5.17. The summed E-state index contributed by atoms with van der Waals surface area (Å²) in [4.78, 5) is 0. The Kier molecular flexibility index (Phi) is 3.41. The summed E-state index contributed by atoms with van der Waals surface area (Å²) < 4.78 is 28.7. The summed E-state index contributed by atoms with van der Waals surface area (Å²) in [6.45, 7) is 1.42. The lowest BCUT2D eigenvalue weighted by molar-refractivity contribution is 0.00614. The zero-order chi connectivity index (χ0) is 15.0. The maximum absolute atomic E-state index is 13.5. The minimum Gasteiger partial charge on any atom is -0.334 e. The summed E-state index contributed by atoms with van der Waals surface area (Å²) in [6.07, 6.45) is 0. The number of aromatic nitrogens is 1. The van der Waals surface area contributed by atoms with Crippen LogP contribution in [0.1, 0.15) is 12.5 Å². The van der Waals surface area contributed by atoms with Crippen LogP contribution in [0.5, 0.6) is 0 Å². The molecule has 0 unspecified atom stereocenters. The van der Waals surface area contributed by atoms with Crippen LogP contribution in [0.15, 0.2) is 42.5 Å². The minimum atomic E-state index is -2.74. The fourth-order valence-corrected chi connectivity index (χ4v) is 2.86. The molecule has 0 saturated carbocycles. The van der Waals surface area contributed by atoms with Crippen LogP contribution in [0.2, 0.25) is 0 Å². The number of hydrogen-bond donors (Lipinski definition) is 1. The Morgan fingerprint density at radius 1 is 1.05 bits per heavy atom. The van der Waals surface area contributed by atoms with Crippen LogP contribution in [0.3, 0.4) is 0 Å². The smallest absolute Gasteiger partial charge is 0.262 e. The van der Waals surface area contributed by atoms with Gasteiger partial charge in [-0.15, -0.1) is 0 Å². The number of rotatable bonds is 4. The van der Waals surface area contributed by atoms with Crippen LogP contribution in [0.4, 0.5) is 8.78 Å². The highest BCUT2D eigenvalue weighted by Crippen LogP contribution is 2.31. The summed E-state index contributed by atoms with van der Waals surface area (Å²) in [5.41, 5.74) is 2.87. The number of benzene rings is 2. The molecule has 3 rings (SSSR count). The fourth-order valence-electron chi connectivity index (χ4n) is 2.86. The second-order valence-electron chi connectivity index (χ2n) is 5.56. The molecule has 0 radical (unpaired) electrons. The molecule has 1 N–H and O–H groups in total. The second-order valence-corrected chi connectivity index (χ2v) is 5.56. The molecule has 0 aliphatic carbocycles. The number of fused-ring (bicyclic) bond motifs is 3. The van der Waals surface area contributed by atoms with Gasteiger partial charge in [-0.25, -0.2) is 8.78 Å². The predicted molar refractivity (Wildman–Crippen MR) is 82.8 cm³/mol. The van der Waals surface area contributed by atoms with Crippen molar-refractivity contribution in [2.75, 3.05) is 7.05 Å². The van der Waals surface area contributed by atoms with Gasteiger partial charge in [0.05, 0.1) is 6.54 Å². The van der Waals surface area contributed by atoms with Crippen molar-refractivity contribution in [3.05, 3.63) is 48.0 Å². The number of nitrogens with zero attached hydrogens (tertiary/aromatic N) is 1. The average Bonchev–Trinajstić information content (AvgIpc) is 2.72. The predicted octanol–water partition coefficient (Wildman–Crippen LogP) is 4.17. The van der Waals surface area contributed by atoms with Gasteiger partial charge in [-0.2, -0.15) is 0 Å². The molecular formula is C17H18F2N2. The van der Waals surface area contributed by atoms with Crippen molar-refractivity contribution in [1.29, 1.82) is 0 Å². The Morgan fingerprint density at radius 2 is 1.76 bits per heavy atom. The van der Waals surface area contributed by atoms with E-state index in [9.17, 15) is 8.78 Å². The van der Waals surface area contributed by atoms with Crippen molar-refractivity contribution in [3.63, 3.8) is 0 Å². The lowest BCUT2D eigenvalue weighted by Gasteiger charge is -2.13. The first kappa shape index (κ1) is 14.0. The Balaban J connectivity index is 2.28. The molecule has 0 fully saturated rings. The third-order valence-corrected chi connectivity index (χ3v) is 3.65. The lowest BCUT2D eigenvalue weighted by atomic mass is 10.1. The van der Waals surface area contributed by atoms with Gasteiger partial charge in [0.1, 0.15) is 0 Å². The highest BCUT2D eigenvalue weighted by Gasteiger charge is 2.24. The van der Waals surface area contributed by atoms with Crippen LogP contribution in [0, 0.1) is 0 Å². The van der Waals surface area contributed by atoms with E-state index in [1.165, 1.54) is 0 Å². The first-order chi connectivity index (χ1) is 9.99. The minimum absolute atomic E-state index is 0.303. The molecule has 0 saturated heterocycles. The maximum Gasteiger partial charge on any atom is 0.262 e. The molecule has 1 heterocycles. The van der Waals surface area contributed by atoms with Crippen LogP contribution < -0.4 is 5.32 Å². The van der Waals surface area contributed by atoms with Gasteiger partial charge in [-0.1, -0.05) is 24.3 Å². The monoisotopic (exact) mass is 288 g/mol. The van der Waals surface area contributed by atoms with Gasteiger partial charge in [-0.3, -0.25) is 0 Å². The SMILES string of the molecule is CNCc1ccc2c(c1)c1ccccc1n2CC(C)(F)F. The van der Waals surface area contributed by atoms with Crippen molar-refractivity contribution in [2.45, 2.75) is 25.9 Å². The van der Waals surface area contributed by atoms with E-state index in [4.69, 9.17) is 0 Å². The van der Waals surface area contributed by atoms with Gasteiger partial charge in [-0.05, 0) is 30.8 Å². The van der Waals surface area contributed by atoms with E-state index < -0.39 is 5.92 Å². The molecule has 21 heavy (non-hydrogen) atoms. The Morgan fingerprint density at radius 3 is 2.48 bits per heavy atom. The van der Waals surface area contributed by atoms with E-state index in [0.29, 0.717) is 0 Å². The van der Waals surface area contributed by atoms with Crippen molar-refractivity contribution in [2.24, 2.45) is 0 Å². The highest BCUT2D eigenvalue weighted by molar-refractivity contribution is 6.08. The molecule has 0 spiro atoms. The van der Waals surface area contributed by atoms with Gasteiger partial charge in [0.2, 0.25) is 0 Å². The lowest BCUT2D eigenvalue weighted by Crippen LogP contribution is -2.19. The molecule has 110 valence electrons. The number of alkyl halides is 2. The van der Waals surface area contributed by atoms with Crippen LogP contribution in [0.25, 0.3) is 21.8 Å². The zero-order valence-corrected chi connectivity index (χ0v) is 12.2. The number of nitrogens with one attached hydrogen (secondary N) is 1. The van der Waals surface area contributed by atoms with E-state index in [0.717, 1.165) is 40.8 Å². The molecule has 0 amide bonds. The quantitative estimate of drug-likeness (QED) is 0.762. The summed E-state index contributed by atoms with van der Waals surface area (Å²) >= 11 is 0. The molecular weight excluding hydrogens is 270 g/mol. The van der Waals surface area contributed by atoms with E-state index in [1.807, 2.05) is 43.4 Å². The maximum atomic E-state index is 13.5. The standard InChI is InChI=1S/C17H18F2N2/c1-17(18,19)11-21-15-6-4-3-5-13(15)14-9-12(10-20-2)7-8-16(14)21/h3-9,20H,10-11H2,1-2H3. The third kappa shape index (κ3) is 2.63. The van der Waals surface area contributed by atoms with E-state index in [1.54, 1.807) is 4.57 Å². The van der Waals surface area contributed by atoms with Gasteiger partial charge in [0.15, 0.2) is 0 Å². The topological polar surface area (TPSA) is 17.0 Å². The van der Waals surface area contributed by atoms with E-state index in [-0.39, 0.29) is 6.54 Å². The van der Waals surface area contributed by atoms with Gasteiger partial charge < -0.3 is 9.88 Å². The highest BCUT2D eigenvalue weighted by atomic mass is 19.3. The summed E-state index contributed by atoms with van der Waals surface area (Å²) in [6, 6.07) is 13.7. The van der Waals surface area contributed by atoms with Crippen molar-refractivity contribution in [1.82, 2.24) is 9.88 Å². The number of halogens is 2. The second kappa shape index (κ2) is 5.11. The van der Waals surface area contributed by atoms with Crippen LogP contribution in [-0.4, -0.2) is 17.5 Å². The molecule has 2 nitrogen and oxygen atoms in total. The zero-order valence-electron chi connectivity index (χ0n) is 12.2. The van der Waals surface area contributed by atoms with E-state index >= 15 is 0 Å². The molecule has 4 heteroatoms. The number of hydrogen-bond acceptors (Lipinski definition) is 1. The Hall–Kier alpha value is -1.94. The van der Waals surface area contributed by atoms with Crippen molar-refractivity contribution < 1.29 is 8.78 Å². The molecule has 2 aromatic carbocycles. The van der Waals surface area contributed by atoms with Gasteiger partial charge >= 0.3 is 0 Å². The molecule has 0 aliphatic heterocycles. The normalized spacial score (nSPS) is 12.4. The van der Waals surface area contributed by atoms with E-state index in [2.05, 4.69) is 11.4 Å². The molecule has 0 bridgehead atoms. The molecule has 1 aromatic heterocycles. The molecule has 3 aromatic rings. The van der Waals surface area contributed by atoms with Crippen LogP contribution in [-0.2, 0) is 13.1 Å². The fraction of sp³-hybridized carbons (Fsp3) is 0.294.